The summed E-state index contributed by atoms with van der Waals surface area (Å²) in [6.45, 7) is 0.865. The molecule has 1 aromatic rings. The summed E-state index contributed by atoms with van der Waals surface area (Å²) in [5.41, 5.74) is 4.54. The maximum atomic E-state index is 13.2. The highest BCUT2D eigenvalue weighted by atomic mass is 19.1. The average Bonchev–Trinajstić information content (AvgIpc) is 2.27. The molecule has 0 saturated heterocycles. The van der Waals surface area contributed by atoms with E-state index in [1.54, 1.807) is 0 Å². The van der Waals surface area contributed by atoms with Crippen LogP contribution in [0.25, 0.3) is 0 Å². The Hall–Kier alpha value is -1.56. The molecular formula is C12H15F3N2O. The van der Waals surface area contributed by atoms with Gasteiger partial charge in [0.05, 0.1) is 0 Å². The highest BCUT2D eigenvalue weighted by Crippen LogP contribution is 2.14. The Labute approximate surface area is 103 Å². The number of halogens is 3. The molecule has 0 spiro atoms. The largest absolute Gasteiger partial charge is 0.352 e. The van der Waals surface area contributed by atoms with Crippen LogP contribution in [0.15, 0.2) is 12.1 Å². The van der Waals surface area contributed by atoms with Crippen LogP contribution in [0, 0.1) is 17.5 Å². The lowest BCUT2D eigenvalue weighted by atomic mass is 10.1. The van der Waals surface area contributed by atoms with E-state index in [0.29, 0.717) is 31.6 Å². The van der Waals surface area contributed by atoms with Crippen LogP contribution in [0.5, 0.6) is 0 Å². The van der Waals surface area contributed by atoms with Crippen LogP contribution in [0.2, 0.25) is 0 Å². The molecule has 0 saturated carbocycles. The molecule has 0 unspecified atom stereocenters. The normalized spacial score (nSPS) is 10.4. The van der Waals surface area contributed by atoms with Gasteiger partial charge in [-0.1, -0.05) is 6.42 Å². The molecule has 1 aromatic carbocycles. The molecule has 6 heteroatoms. The third-order valence-corrected chi connectivity index (χ3v) is 2.40. The Kier molecular flexibility index (Phi) is 5.64. The van der Waals surface area contributed by atoms with Crippen LogP contribution in [0.1, 0.15) is 29.6 Å². The van der Waals surface area contributed by atoms with Crippen molar-refractivity contribution in [1.82, 2.24) is 5.32 Å². The van der Waals surface area contributed by atoms with Crippen molar-refractivity contribution in [1.29, 1.82) is 0 Å². The second kappa shape index (κ2) is 7.00. The fraction of sp³-hybridized carbons (Fsp3) is 0.417. The number of amides is 1. The fourth-order valence-electron chi connectivity index (χ4n) is 1.50. The van der Waals surface area contributed by atoms with Gasteiger partial charge in [-0.3, -0.25) is 4.79 Å². The van der Waals surface area contributed by atoms with E-state index in [2.05, 4.69) is 5.32 Å². The average molecular weight is 260 g/mol. The van der Waals surface area contributed by atoms with Gasteiger partial charge < -0.3 is 11.1 Å². The van der Waals surface area contributed by atoms with Crippen LogP contribution in [0.4, 0.5) is 13.2 Å². The second-order valence-corrected chi connectivity index (χ2v) is 3.85. The predicted molar refractivity (Wildman–Crippen MR) is 61.6 cm³/mol. The van der Waals surface area contributed by atoms with Gasteiger partial charge in [0.1, 0.15) is 23.0 Å². The number of hydrogen-bond acceptors (Lipinski definition) is 2. The molecule has 18 heavy (non-hydrogen) atoms. The maximum Gasteiger partial charge on any atom is 0.257 e. The van der Waals surface area contributed by atoms with E-state index in [4.69, 9.17) is 5.73 Å². The predicted octanol–water partition coefficient (Wildman–Crippen LogP) is 1.96. The van der Waals surface area contributed by atoms with E-state index < -0.39 is 28.9 Å². The minimum absolute atomic E-state index is 0.301. The molecular weight excluding hydrogens is 245 g/mol. The topological polar surface area (TPSA) is 55.1 Å². The van der Waals surface area contributed by atoms with Crippen molar-refractivity contribution in [3.05, 3.63) is 35.1 Å². The maximum absolute atomic E-state index is 13.2. The molecule has 0 fully saturated rings. The van der Waals surface area contributed by atoms with Crippen molar-refractivity contribution in [3.8, 4) is 0 Å². The lowest BCUT2D eigenvalue weighted by Crippen LogP contribution is -2.26. The van der Waals surface area contributed by atoms with E-state index in [9.17, 15) is 18.0 Å². The molecule has 0 heterocycles. The van der Waals surface area contributed by atoms with Crippen molar-refractivity contribution in [3.63, 3.8) is 0 Å². The van der Waals surface area contributed by atoms with Crippen molar-refractivity contribution in [2.45, 2.75) is 19.3 Å². The van der Waals surface area contributed by atoms with E-state index in [-0.39, 0.29) is 0 Å². The SMILES string of the molecule is NCCCCCNC(=O)c1c(F)cc(F)cc1F. The molecule has 100 valence electrons. The van der Waals surface area contributed by atoms with Crippen LogP contribution >= 0.6 is 0 Å². The van der Waals surface area contributed by atoms with Gasteiger partial charge in [0.2, 0.25) is 0 Å². The van der Waals surface area contributed by atoms with Gasteiger partial charge in [-0.25, -0.2) is 13.2 Å². The molecule has 0 atom stereocenters. The number of carbonyl (C=O) groups excluding carboxylic acids is 1. The summed E-state index contributed by atoms with van der Waals surface area (Å²) < 4.78 is 39.1. The molecule has 0 radical (unpaired) electrons. The van der Waals surface area contributed by atoms with Gasteiger partial charge in [0.25, 0.3) is 5.91 Å². The van der Waals surface area contributed by atoms with Gasteiger partial charge in [-0.05, 0) is 19.4 Å². The Morgan fingerprint density at radius 3 is 2.28 bits per heavy atom. The summed E-state index contributed by atoms with van der Waals surface area (Å²) in [6.07, 6.45) is 2.33. The van der Waals surface area contributed by atoms with Gasteiger partial charge in [0, 0.05) is 18.7 Å². The third kappa shape index (κ3) is 4.03. The summed E-state index contributed by atoms with van der Waals surface area (Å²) in [6, 6.07) is 0.957. The number of rotatable bonds is 6. The first-order chi connectivity index (χ1) is 8.56. The Morgan fingerprint density at radius 1 is 1.11 bits per heavy atom. The molecule has 1 rings (SSSR count). The zero-order valence-electron chi connectivity index (χ0n) is 9.81. The van der Waals surface area contributed by atoms with E-state index in [0.717, 1.165) is 12.8 Å². The minimum atomic E-state index is -1.20. The number of benzene rings is 1. The Balaban J connectivity index is 2.57. The van der Waals surface area contributed by atoms with Crippen molar-refractivity contribution < 1.29 is 18.0 Å². The van der Waals surface area contributed by atoms with Gasteiger partial charge in [-0.15, -0.1) is 0 Å². The molecule has 0 aliphatic carbocycles. The first-order valence-electron chi connectivity index (χ1n) is 5.69. The van der Waals surface area contributed by atoms with Crippen LogP contribution in [-0.4, -0.2) is 19.0 Å². The summed E-state index contributed by atoms with van der Waals surface area (Å²) in [4.78, 5) is 11.5. The number of hydrogen-bond donors (Lipinski definition) is 2. The first-order valence-corrected chi connectivity index (χ1v) is 5.69. The van der Waals surface area contributed by atoms with Crippen LogP contribution in [-0.2, 0) is 0 Å². The van der Waals surface area contributed by atoms with E-state index in [1.165, 1.54) is 0 Å². The molecule has 0 aliphatic heterocycles. The molecule has 3 N–H and O–H groups in total. The number of unbranched alkanes of at least 4 members (excludes halogenated alkanes) is 2. The van der Waals surface area contributed by atoms with E-state index in [1.807, 2.05) is 0 Å². The quantitative estimate of drug-likeness (QED) is 0.768. The first kappa shape index (κ1) is 14.5. The Morgan fingerprint density at radius 2 is 1.72 bits per heavy atom. The van der Waals surface area contributed by atoms with Crippen LogP contribution in [0.3, 0.4) is 0 Å². The van der Waals surface area contributed by atoms with E-state index >= 15 is 0 Å². The number of carbonyl (C=O) groups is 1. The fourth-order valence-corrected chi connectivity index (χ4v) is 1.50. The molecule has 3 nitrogen and oxygen atoms in total. The van der Waals surface area contributed by atoms with Gasteiger partial charge in [0.15, 0.2) is 0 Å². The second-order valence-electron chi connectivity index (χ2n) is 3.85. The molecule has 0 aromatic heterocycles. The summed E-state index contributed by atoms with van der Waals surface area (Å²) >= 11 is 0. The lowest BCUT2D eigenvalue weighted by Gasteiger charge is -2.07. The standard InChI is InChI=1S/C12H15F3N2O/c13-8-6-9(14)11(10(15)7-8)12(18)17-5-3-1-2-4-16/h6-7H,1-5,16H2,(H,17,18). The highest BCUT2D eigenvalue weighted by Gasteiger charge is 2.18. The third-order valence-electron chi connectivity index (χ3n) is 2.40. The monoisotopic (exact) mass is 260 g/mol. The minimum Gasteiger partial charge on any atom is -0.352 e. The van der Waals surface area contributed by atoms with Crippen LogP contribution < -0.4 is 11.1 Å². The van der Waals surface area contributed by atoms with Crippen molar-refractivity contribution in [2.75, 3.05) is 13.1 Å². The summed E-state index contributed by atoms with van der Waals surface area (Å²) in [7, 11) is 0. The summed E-state index contributed by atoms with van der Waals surface area (Å²) in [5.74, 6) is -4.33. The lowest BCUT2D eigenvalue weighted by molar-refractivity contribution is 0.0944. The van der Waals surface area contributed by atoms with Crippen molar-refractivity contribution in [2.24, 2.45) is 5.73 Å². The van der Waals surface area contributed by atoms with Gasteiger partial charge in [-0.2, -0.15) is 0 Å². The smallest absolute Gasteiger partial charge is 0.257 e. The van der Waals surface area contributed by atoms with Gasteiger partial charge >= 0.3 is 0 Å². The zero-order valence-corrected chi connectivity index (χ0v) is 9.81. The zero-order chi connectivity index (χ0) is 13.5. The Bertz CT molecular complexity index is 401. The summed E-state index contributed by atoms with van der Waals surface area (Å²) in [5, 5.41) is 2.38. The number of nitrogens with two attached hydrogens (primary N) is 1. The van der Waals surface area contributed by atoms with Crippen molar-refractivity contribution >= 4 is 5.91 Å². The molecule has 0 bridgehead atoms. The highest BCUT2D eigenvalue weighted by molar-refractivity contribution is 5.94. The number of nitrogens with one attached hydrogen (secondary N) is 1. The molecule has 0 aliphatic rings. The molecule has 1 amide bonds.